The highest BCUT2D eigenvalue weighted by molar-refractivity contribution is 6.04. The number of benzene rings is 1. The molecule has 17 heavy (non-hydrogen) atoms. The maximum absolute atomic E-state index is 11.8. The van der Waals surface area contributed by atoms with Gasteiger partial charge in [0.25, 0.3) is 11.6 Å². The maximum Gasteiger partial charge on any atom is 0.270 e. The number of anilines is 1. The number of aliphatic imine (C=N–C) groups is 1. The van der Waals surface area contributed by atoms with Gasteiger partial charge in [-0.2, -0.15) is 0 Å². The van der Waals surface area contributed by atoms with E-state index in [4.69, 9.17) is 0 Å². The van der Waals surface area contributed by atoms with Crippen molar-refractivity contribution in [3.8, 4) is 0 Å². The van der Waals surface area contributed by atoms with Crippen molar-refractivity contribution in [3.63, 3.8) is 0 Å². The van der Waals surface area contributed by atoms with Crippen molar-refractivity contribution in [1.82, 2.24) is 0 Å². The molecule has 1 heterocycles. The van der Waals surface area contributed by atoms with E-state index in [-0.39, 0.29) is 11.6 Å². The first kappa shape index (κ1) is 11.3. The van der Waals surface area contributed by atoms with Crippen molar-refractivity contribution in [2.45, 2.75) is 13.0 Å². The summed E-state index contributed by atoms with van der Waals surface area (Å²) in [6, 6.07) is 3.90. The van der Waals surface area contributed by atoms with Crippen molar-refractivity contribution >= 4 is 23.5 Å². The monoisotopic (exact) mass is 233 g/mol. The number of non-ortho nitro benzene ring substituents is 1. The van der Waals surface area contributed by atoms with Gasteiger partial charge in [0.15, 0.2) is 0 Å². The van der Waals surface area contributed by atoms with Crippen LogP contribution in [0, 0.1) is 10.1 Å². The number of nitro groups is 1. The molecule has 0 radical (unpaired) electrons. The van der Waals surface area contributed by atoms with Crippen molar-refractivity contribution in [3.05, 3.63) is 33.9 Å². The molecule has 1 amide bonds. The summed E-state index contributed by atoms with van der Waals surface area (Å²) in [5.74, 6) is -0.131. The van der Waals surface area contributed by atoms with Crippen LogP contribution < -0.4 is 4.90 Å². The largest absolute Gasteiger partial charge is 0.313 e. The smallest absolute Gasteiger partial charge is 0.270 e. The van der Waals surface area contributed by atoms with E-state index in [9.17, 15) is 14.9 Å². The Morgan fingerprint density at radius 3 is 2.82 bits per heavy atom. The minimum absolute atomic E-state index is 0.00870. The molecule has 0 fully saturated rings. The third-order valence-electron chi connectivity index (χ3n) is 2.71. The Morgan fingerprint density at radius 1 is 1.47 bits per heavy atom. The molecule has 1 unspecified atom stereocenters. The number of carbonyl (C=O) groups excluding carboxylic acids is 1. The fraction of sp³-hybridized carbons (Fsp3) is 0.273. The van der Waals surface area contributed by atoms with E-state index >= 15 is 0 Å². The van der Waals surface area contributed by atoms with E-state index in [0.717, 1.165) is 0 Å². The molecular weight excluding hydrogens is 222 g/mol. The topological polar surface area (TPSA) is 75.8 Å². The molecule has 88 valence electrons. The number of likely N-dealkylation sites (N-methyl/N-ethyl adjacent to an activating group) is 1. The number of hydrogen-bond acceptors (Lipinski definition) is 4. The molecule has 2 rings (SSSR count). The fourth-order valence-corrected chi connectivity index (χ4v) is 1.72. The molecule has 1 atom stereocenters. The second kappa shape index (κ2) is 3.97. The number of rotatable bonds is 1. The van der Waals surface area contributed by atoms with Crippen LogP contribution in [-0.2, 0) is 4.79 Å². The third kappa shape index (κ3) is 1.89. The van der Waals surface area contributed by atoms with Gasteiger partial charge in [0, 0.05) is 31.0 Å². The average molecular weight is 233 g/mol. The standard InChI is InChI=1S/C11H11N3O3/c1-7-11(15)13(2)10-4-3-9(14(16)17)5-8(10)6-12-7/h3-7H,1-2H3. The lowest BCUT2D eigenvalue weighted by molar-refractivity contribution is -0.384. The van der Waals surface area contributed by atoms with Gasteiger partial charge in [-0.3, -0.25) is 19.9 Å². The van der Waals surface area contributed by atoms with Gasteiger partial charge in [0.1, 0.15) is 6.04 Å². The van der Waals surface area contributed by atoms with Crippen LogP contribution in [0.2, 0.25) is 0 Å². The van der Waals surface area contributed by atoms with Crippen LogP contribution in [0.3, 0.4) is 0 Å². The van der Waals surface area contributed by atoms with Gasteiger partial charge >= 0.3 is 0 Å². The summed E-state index contributed by atoms with van der Waals surface area (Å²) < 4.78 is 0. The Labute approximate surface area is 97.7 Å². The van der Waals surface area contributed by atoms with Crippen LogP contribution in [0.15, 0.2) is 23.2 Å². The minimum atomic E-state index is -0.468. The van der Waals surface area contributed by atoms with Gasteiger partial charge in [0.05, 0.1) is 10.6 Å². The van der Waals surface area contributed by atoms with Crippen molar-refractivity contribution in [2.75, 3.05) is 11.9 Å². The molecule has 1 aliphatic rings. The van der Waals surface area contributed by atoms with Crippen LogP contribution in [0.25, 0.3) is 0 Å². The SMILES string of the molecule is CC1N=Cc2cc([N+](=O)[O-])ccc2N(C)C1=O. The summed E-state index contributed by atoms with van der Waals surface area (Å²) in [5.41, 5.74) is 1.21. The number of nitro benzene ring substituents is 1. The maximum atomic E-state index is 11.8. The van der Waals surface area contributed by atoms with Gasteiger partial charge in [-0.15, -0.1) is 0 Å². The molecule has 0 aromatic heterocycles. The zero-order valence-electron chi connectivity index (χ0n) is 9.45. The van der Waals surface area contributed by atoms with E-state index in [1.54, 1.807) is 20.0 Å². The molecule has 0 saturated carbocycles. The first-order chi connectivity index (χ1) is 8.00. The van der Waals surface area contributed by atoms with Crippen LogP contribution >= 0.6 is 0 Å². The summed E-state index contributed by atoms with van der Waals surface area (Å²) >= 11 is 0. The highest BCUT2D eigenvalue weighted by Gasteiger charge is 2.23. The fourth-order valence-electron chi connectivity index (χ4n) is 1.72. The number of amides is 1. The van der Waals surface area contributed by atoms with E-state index in [1.807, 2.05) is 0 Å². The molecule has 0 aliphatic carbocycles. The first-order valence-electron chi connectivity index (χ1n) is 5.10. The summed E-state index contributed by atoms with van der Waals surface area (Å²) in [4.78, 5) is 27.5. The van der Waals surface area contributed by atoms with Gasteiger partial charge in [0.2, 0.25) is 0 Å². The molecular formula is C11H11N3O3. The van der Waals surface area contributed by atoms with Crippen LogP contribution in [0.5, 0.6) is 0 Å². The Balaban J connectivity index is 2.55. The summed E-state index contributed by atoms with van der Waals surface area (Å²) in [5, 5.41) is 10.7. The Kier molecular flexibility index (Phi) is 2.63. The lowest BCUT2D eigenvalue weighted by Crippen LogP contribution is -2.32. The molecule has 6 heteroatoms. The van der Waals surface area contributed by atoms with E-state index < -0.39 is 11.0 Å². The molecule has 6 nitrogen and oxygen atoms in total. The molecule has 1 aliphatic heterocycles. The molecule has 1 aromatic carbocycles. The number of benzodiazepines with no additional fused rings is 1. The number of carbonyl (C=O) groups is 1. The Hall–Kier alpha value is -2.24. The van der Waals surface area contributed by atoms with Gasteiger partial charge in [-0.05, 0) is 13.0 Å². The third-order valence-corrected chi connectivity index (χ3v) is 2.71. The van der Waals surface area contributed by atoms with E-state index in [2.05, 4.69) is 4.99 Å². The molecule has 1 aromatic rings. The van der Waals surface area contributed by atoms with E-state index in [1.165, 1.54) is 23.2 Å². The Bertz CT molecular complexity index is 525. The second-order valence-corrected chi connectivity index (χ2v) is 3.85. The van der Waals surface area contributed by atoms with Gasteiger partial charge < -0.3 is 4.90 Å². The number of fused-ring (bicyclic) bond motifs is 1. The molecule has 0 bridgehead atoms. The predicted octanol–water partition coefficient (Wildman–Crippen LogP) is 1.38. The van der Waals surface area contributed by atoms with Crippen LogP contribution in [-0.4, -0.2) is 30.1 Å². The first-order valence-corrected chi connectivity index (χ1v) is 5.10. The second-order valence-electron chi connectivity index (χ2n) is 3.85. The average Bonchev–Trinajstić information content (AvgIpc) is 2.42. The van der Waals surface area contributed by atoms with E-state index in [0.29, 0.717) is 11.3 Å². The van der Waals surface area contributed by atoms with Crippen molar-refractivity contribution < 1.29 is 9.72 Å². The summed E-state index contributed by atoms with van der Waals surface area (Å²) in [6.07, 6.45) is 1.51. The zero-order valence-corrected chi connectivity index (χ0v) is 9.45. The number of hydrogen-bond donors (Lipinski definition) is 0. The van der Waals surface area contributed by atoms with Gasteiger partial charge in [-0.25, -0.2) is 0 Å². The highest BCUT2D eigenvalue weighted by Crippen LogP contribution is 2.26. The van der Waals surface area contributed by atoms with Crippen molar-refractivity contribution in [1.29, 1.82) is 0 Å². The van der Waals surface area contributed by atoms with Crippen molar-refractivity contribution in [2.24, 2.45) is 4.99 Å². The highest BCUT2D eigenvalue weighted by atomic mass is 16.6. The number of nitrogens with zero attached hydrogens (tertiary/aromatic N) is 3. The van der Waals surface area contributed by atoms with Crippen LogP contribution in [0.1, 0.15) is 12.5 Å². The molecule has 0 spiro atoms. The minimum Gasteiger partial charge on any atom is -0.313 e. The summed E-state index contributed by atoms with van der Waals surface area (Å²) in [6.45, 7) is 1.69. The van der Waals surface area contributed by atoms with Crippen LogP contribution in [0.4, 0.5) is 11.4 Å². The quantitative estimate of drug-likeness (QED) is 0.543. The lowest BCUT2D eigenvalue weighted by atomic mass is 10.1. The lowest BCUT2D eigenvalue weighted by Gasteiger charge is -2.18. The molecule has 0 N–H and O–H groups in total. The normalized spacial score (nSPS) is 18.8. The predicted molar refractivity (Wildman–Crippen MR) is 63.6 cm³/mol. The van der Waals surface area contributed by atoms with Gasteiger partial charge in [-0.1, -0.05) is 0 Å². The summed E-state index contributed by atoms with van der Waals surface area (Å²) in [7, 11) is 1.64. The Morgan fingerprint density at radius 2 is 2.18 bits per heavy atom. The molecule has 0 saturated heterocycles. The zero-order chi connectivity index (χ0) is 12.6.